The number of hydrogen-bond donors (Lipinski definition) is 1. The van der Waals surface area contributed by atoms with Gasteiger partial charge in [-0.25, -0.2) is 4.98 Å². The van der Waals surface area contributed by atoms with Gasteiger partial charge in [0.2, 0.25) is 0 Å². The first-order chi connectivity index (χ1) is 13.2. The SMILES string of the molecule is CCOC(=O)C1CCCN(C(=NC)NCCCc2nc3ccccc3s2)C1. The van der Waals surface area contributed by atoms with E-state index in [9.17, 15) is 4.79 Å². The lowest BCUT2D eigenvalue weighted by molar-refractivity contribution is -0.149. The fourth-order valence-corrected chi connectivity index (χ4v) is 4.43. The number of aromatic nitrogens is 1. The average Bonchev–Trinajstić information content (AvgIpc) is 3.11. The van der Waals surface area contributed by atoms with Crippen molar-refractivity contribution in [1.29, 1.82) is 0 Å². The lowest BCUT2D eigenvalue weighted by Crippen LogP contribution is -2.48. The molecule has 2 aromatic rings. The molecule has 1 aliphatic rings. The normalized spacial score (nSPS) is 17.9. The van der Waals surface area contributed by atoms with Crippen LogP contribution in [0.4, 0.5) is 0 Å². The number of piperidine rings is 1. The molecule has 1 saturated heterocycles. The Morgan fingerprint density at radius 2 is 2.30 bits per heavy atom. The van der Waals surface area contributed by atoms with E-state index < -0.39 is 0 Å². The van der Waals surface area contributed by atoms with E-state index in [1.807, 2.05) is 13.0 Å². The van der Waals surface area contributed by atoms with E-state index in [-0.39, 0.29) is 11.9 Å². The number of rotatable bonds is 6. The summed E-state index contributed by atoms with van der Waals surface area (Å²) in [7, 11) is 1.80. The van der Waals surface area contributed by atoms with Crippen molar-refractivity contribution in [3.05, 3.63) is 29.3 Å². The highest BCUT2D eigenvalue weighted by Crippen LogP contribution is 2.22. The van der Waals surface area contributed by atoms with E-state index in [4.69, 9.17) is 4.74 Å². The number of benzene rings is 1. The van der Waals surface area contributed by atoms with Crippen molar-refractivity contribution in [3.8, 4) is 0 Å². The van der Waals surface area contributed by atoms with Gasteiger partial charge >= 0.3 is 5.97 Å². The predicted molar refractivity (Wildman–Crippen MR) is 110 cm³/mol. The second-order valence-electron chi connectivity index (χ2n) is 6.69. The lowest BCUT2D eigenvalue weighted by atomic mass is 9.98. The molecule has 146 valence electrons. The minimum Gasteiger partial charge on any atom is -0.466 e. The van der Waals surface area contributed by atoms with Gasteiger partial charge in [-0.3, -0.25) is 9.79 Å². The van der Waals surface area contributed by atoms with Crippen LogP contribution in [0.15, 0.2) is 29.3 Å². The van der Waals surface area contributed by atoms with Crippen molar-refractivity contribution in [1.82, 2.24) is 15.2 Å². The van der Waals surface area contributed by atoms with Gasteiger partial charge in [0.15, 0.2) is 5.96 Å². The summed E-state index contributed by atoms with van der Waals surface area (Å²) in [5, 5.41) is 4.61. The van der Waals surface area contributed by atoms with Crippen LogP contribution in [0.1, 0.15) is 31.2 Å². The van der Waals surface area contributed by atoms with Crippen LogP contribution < -0.4 is 5.32 Å². The number of aliphatic imine (C=N–C) groups is 1. The number of guanidine groups is 1. The van der Waals surface area contributed by atoms with Gasteiger partial charge < -0.3 is 15.0 Å². The van der Waals surface area contributed by atoms with Crippen LogP contribution in [-0.2, 0) is 16.0 Å². The summed E-state index contributed by atoms with van der Waals surface area (Å²) >= 11 is 1.77. The molecular weight excluding hydrogens is 360 g/mol. The number of thiazole rings is 1. The Bertz CT molecular complexity index is 756. The van der Waals surface area contributed by atoms with Gasteiger partial charge in [-0.1, -0.05) is 12.1 Å². The monoisotopic (exact) mass is 388 g/mol. The maximum atomic E-state index is 12.0. The number of hydrogen-bond acceptors (Lipinski definition) is 5. The van der Waals surface area contributed by atoms with Crippen LogP contribution in [0, 0.1) is 5.92 Å². The fourth-order valence-electron chi connectivity index (χ4n) is 3.42. The Morgan fingerprint density at radius 3 is 3.07 bits per heavy atom. The maximum Gasteiger partial charge on any atom is 0.310 e. The fraction of sp³-hybridized carbons (Fsp3) is 0.550. The number of nitrogens with one attached hydrogen (secondary N) is 1. The third-order valence-electron chi connectivity index (χ3n) is 4.74. The highest BCUT2D eigenvalue weighted by molar-refractivity contribution is 7.18. The molecule has 0 bridgehead atoms. The number of carbonyl (C=O) groups is 1. The predicted octanol–water partition coefficient (Wildman–Crippen LogP) is 3.08. The van der Waals surface area contributed by atoms with Crippen LogP contribution in [0.2, 0.25) is 0 Å². The van der Waals surface area contributed by atoms with E-state index in [0.29, 0.717) is 13.2 Å². The van der Waals surface area contributed by atoms with Gasteiger partial charge in [0.05, 0.1) is 27.7 Å². The molecule has 1 atom stereocenters. The molecule has 1 N–H and O–H groups in total. The molecule has 1 fully saturated rings. The van der Waals surface area contributed by atoms with Crippen LogP contribution in [0.5, 0.6) is 0 Å². The number of ether oxygens (including phenoxy) is 1. The number of nitrogens with zero attached hydrogens (tertiary/aromatic N) is 3. The van der Waals surface area contributed by atoms with Crippen molar-refractivity contribution in [2.24, 2.45) is 10.9 Å². The third-order valence-corrected chi connectivity index (χ3v) is 5.84. The summed E-state index contributed by atoms with van der Waals surface area (Å²) in [6.07, 6.45) is 3.82. The van der Waals surface area contributed by atoms with Crippen LogP contribution in [0.3, 0.4) is 0 Å². The minimum atomic E-state index is -0.0894. The molecule has 1 unspecified atom stereocenters. The molecule has 2 heterocycles. The van der Waals surface area contributed by atoms with Crippen molar-refractivity contribution in [3.63, 3.8) is 0 Å². The highest BCUT2D eigenvalue weighted by Gasteiger charge is 2.28. The number of fused-ring (bicyclic) bond motifs is 1. The first-order valence-electron chi connectivity index (χ1n) is 9.68. The summed E-state index contributed by atoms with van der Waals surface area (Å²) in [6.45, 7) is 4.73. The van der Waals surface area contributed by atoms with Crippen molar-refractivity contribution < 1.29 is 9.53 Å². The molecule has 7 heteroatoms. The molecule has 6 nitrogen and oxygen atoms in total. The Hall–Kier alpha value is -2.15. The van der Waals surface area contributed by atoms with E-state index >= 15 is 0 Å². The number of likely N-dealkylation sites (tertiary alicyclic amines) is 1. The second kappa shape index (κ2) is 9.69. The largest absolute Gasteiger partial charge is 0.466 e. The Balaban J connectivity index is 1.46. The number of aryl methyl sites for hydroxylation is 1. The first-order valence-corrected chi connectivity index (χ1v) is 10.5. The highest BCUT2D eigenvalue weighted by atomic mass is 32.1. The van der Waals surface area contributed by atoms with Crippen molar-refractivity contribution in [2.45, 2.75) is 32.6 Å². The second-order valence-corrected chi connectivity index (χ2v) is 7.81. The molecule has 1 aliphatic heterocycles. The van der Waals surface area contributed by atoms with E-state index in [0.717, 1.165) is 50.2 Å². The molecule has 1 aromatic heterocycles. The van der Waals surface area contributed by atoms with Crippen molar-refractivity contribution >= 4 is 33.5 Å². The zero-order valence-corrected chi connectivity index (χ0v) is 16.9. The maximum absolute atomic E-state index is 12.0. The summed E-state index contributed by atoms with van der Waals surface area (Å²) in [6, 6.07) is 8.26. The molecule has 0 radical (unpaired) electrons. The third kappa shape index (κ3) is 5.19. The van der Waals surface area contributed by atoms with E-state index in [1.54, 1.807) is 18.4 Å². The molecule has 3 rings (SSSR count). The quantitative estimate of drug-likeness (QED) is 0.356. The van der Waals surface area contributed by atoms with Gasteiger partial charge in [-0.2, -0.15) is 0 Å². The standard InChI is InChI=1S/C20H28N4O2S/c1-3-26-19(25)15-8-7-13-24(14-15)20(21-2)22-12-6-11-18-23-16-9-4-5-10-17(16)27-18/h4-5,9-10,15H,3,6-8,11-14H2,1-2H3,(H,21,22). The molecule has 0 amide bonds. The van der Waals surface area contributed by atoms with Crippen LogP contribution in [0.25, 0.3) is 10.2 Å². The molecule has 0 aliphatic carbocycles. The number of carbonyl (C=O) groups excluding carboxylic acids is 1. The van der Waals surface area contributed by atoms with Gasteiger partial charge in [0, 0.05) is 33.1 Å². The Morgan fingerprint density at radius 1 is 1.44 bits per heavy atom. The summed E-state index contributed by atoms with van der Waals surface area (Å²) < 4.78 is 6.43. The van der Waals surface area contributed by atoms with Gasteiger partial charge in [-0.05, 0) is 38.3 Å². The molecule has 27 heavy (non-hydrogen) atoms. The lowest BCUT2D eigenvalue weighted by Gasteiger charge is -2.33. The van der Waals surface area contributed by atoms with Gasteiger partial charge in [0.1, 0.15) is 0 Å². The minimum absolute atomic E-state index is 0.0556. The molecule has 0 saturated carbocycles. The molecular formula is C20H28N4O2S. The zero-order valence-electron chi connectivity index (χ0n) is 16.1. The number of esters is 1. The number of para-hydroxylation sites is 1. The summed E-state index contributed by atoms with van der Waals surface area (Å²) in [4.78, 5) is 23.3. The summed E-state index contributed by atoms with van der Waals surface area (Å²) in [5.74, 6) is 0.724. The van der Waals surface area contributed by atoms with Gasteiger partial charge in [0.25, 0.3) is 0 Å². The van der Waals surface area contributed by atoms with Crippen LogP contribution in [-0.4, -0.2) is 55.1 Å². The molecule has 1 aromatic carbocycles. The van der Waals surface area contributed by atoms with Gasteiger partial charge in [-0.15, -0.1) is 11.3 Å². The van der Waals surface area contributed by atoms with Crippen LogP contribution >= 0.6 is 11.3 Å². The average molecular weight is 389 g/mol. The smallest absolute Gasteiger partial charge is 0.310 e. The van der Waals surface area contributed by atoms with Crippen molar-refractivity contribution in [2.75, 3.05) is 33.3 Å². The Labute approximate surface area is 164 Å². The molecule has 0 spiro atoms. The van der Waals surface area contributed by atoms with E-state index in [2.05, 4.69) is 38.4 Å². The first kappa shape index (κ1) is 19.6. The topological polar surface area (TPSA) is 66.8 Å². The summed E-state index contributed by atoms with van der Waals surface area (Å²) in [5.41, 5.74) is 1.08. The zero-order chi connectivity index (χ0) is 19.1. The Kier molecular flexibility index (Phi) is 7.04. The van der Waals surface area contributed by atoms with E-state index in [1.165, 1.54) is 9.71 Å².